The van der Waals surface area contributed by atoms with Gasteiger partial charge < -0.3 is 5.32 Å². The maximum atomic E-state index is 2.86. The quantitative estimate of drug-likeness (QED) is 0.471. The van der Waals surface area contributed by atoms with Crippen molar-refractivity contribution >= 4 is 0 Å². The van der Waals surface area contributed by atoms with E-state index in [4.69, 9.17) is 0 Å². The van der Waals surface area contributed by atoms with Crippen LogP contribution in [0.25, 0.3) is 0 Å². The average molecular weight is 71.1 g/mol. The molecule has 0 aliphatic rings. The van der Waals surface area contributed by atoms with Crippen molar-refractivity contribution < 1.29 is 0 Å². The smallest absolute Gasteiger partial charge is 0.0580 e. The van der Waals surface area contributed by atoms with Crippen LogP contribution < -0.4 is 5.32 Å². The molecule has 0 aromatic heterocycles. The van der Waals surface area contributed by atoms with Crippen molar-refractivity contribution in [3.05, 3.63) is 6.54 Å². The summed E-state index contributed by atoms with van der Waals surface area (Å²) >= 11 is 0. The van der Waals surface area contributed by atoms with Gasteiger partial charge >= 0.3 is 0 Å². The van der Waals surface area contributed by atoms with E-state index >= 15 is 0 Å². The standard InChI is InChI=1S/C4H9N/c1-3-4-5-2/h5H,3H2,1-2H3. The Morgan fingerprint density at radius 2 is 2.40 bits per heavy atom. The van der Waals surface area contributed by atoms with Gasteiger partial charge in [-0.05, 0) is 13.5 Å². The van der Waals surface area contributed by atoms with Crippen LogP contribution in [0.1, 0.15) is 13.3 Å². The highest BCUT2D eigenvalue weighted by molar-refractivity contribution is 4.49. The van der Waals surface area contributed by atoms with E-state index < -0.39 is 0 Å². The van der Waals surface area contributed by atoms with Gasteiger partial charge in [0.25, 0.3) is 0 Å². The normalized spacial score (nSPS) is 8.40. The molecule has 0 heterocycles. The van der Waals surface area contributed by atoms with Crippen LogP contribution in [0.2, 0.25) is 0 Å². The van der Waals surface area contributed by atoms with Gasteiger partial charge in [0.05, 0.1) is 6.54 Å². The number of nitrogens with one attached hydrogen (secondary N) is 1. The van der Waals surface area contributed by atoms with Crippen molar-refractivity contribution in [1.82, 2.24) is 5.32 Å². The van der Waals surface area contributed by atoms with Crippen molar-refractivity contribution in [2.75, 3.05) is 7.05 Å². The molecular weight excluding hydrogens is 62.1 g/mol. The van der Waals surface area contributed by atoms with Crippen molar-refractivity contribution in [2.24, 2.45) is 0 Å². The molecule has 1 nitrogen and oxygen atoms in total. The summed E-state index contributed by atoms with van der Waals surface area (Å²) in [6, 6.07) is 0. The summed E-state index contributed by atoms with van der Waals surface area (Å²) in [5.74, 6) is 0. The zero-order valence-corrected chi connectivity index (χ0v) is 3.71. The molecule has 0 fully saturated rings. The van der Waals surface area contributed by atoms with Crippen molar-refractivity contribution in [2.45, 2.75) is 13.3 Å². The van der Waals surface area contributed by atoms with Gasteiger partial charge in [-0.25, -0.2) is 0 Å². The Balaban J connectivity index is 2.19. The van der Waals surface area contributed by atoms with E-state index in [0.29, 0.717) is 0 Å². The number of hydrogen-bond acceptors (Lipinski definition) is 1. The average Bonchev–Trinajstić information content (AvgIpc) is 1.41. The number of rotatable bonds is 2. The molecule has 0 bridgehead atoms. The maximum Gasteiger partial charge on any atom is 0.0580 e. The van der Waals surface area contributed by atoms with E-state index in [-0.39, 0.29) is 0 Å². The molecule has 0 aliphatic heterocycles. The number of hydrogen-bond donors (Lipinski definition) is 1. The van der Waals surface area contributed by atoms with Gasteiger partial charge in [-0.2, -0.15) is 0 Å². The van der Waals surface area contributed by atoms with Crippen LogP contribution in [0, 0.1) is 6.54 Å². The zero-order valence-electron chi connectivity index (χ0n) is 3.71. The third-order valence-electron chi connectivity index (χ3n) is 0.354. The molecule has 30 valence electrons. The molecule has 0 aromatic rings. The Morgan fingerprint density at radius 3 is 2.40 bits per heavy atom. The summed E-state index contributed by atoms with van der Waals surface area (Å²) < 4.78 is 0. The molecular formula is C4H9N. The van der Waals surface area contributed by atoms with Crippen LogP contribution >= 0.6 is 0 Å². The van der Waals surface area contributed by atoms with Gasteiger partial charge in [-0.15, -0.1) is 0 Å². The minimum Gasteiger partial charge on any atom is -0.311 e. The van der Waals surface area contributed by atoms with Gasteiger partial charge in [0, 0.05) is 0 Å². The fraction of sp³-hybridized carbons (Fsp3) is 0.750. The first kappa shape index (κ1) is 4.96. The fourth-order valence-corrected chi connectivity index (χ4v) is 0.177. The minimum absolute atomic E-state index is 0.983. The first-order valence-corrected chi connectivity index (χ1v) is 1.81. The first-order chi connectivity index (χ1) is 2.41. The molecule has 0 spiro atoms. The second-order valence-electron chi connectivity index (χ2n) is 0.780. The highest BCUT2D eigenvalue weighted by Gasteiger charge is 1.67. The SMILES string of the molecule is CC[C]NC. The van der Waals surface area contributed by atoms with Crippen LogP contribution in [-0.4, -0.2) is 7.05 Å². The Labute approximate surface area is 33.4 Å². The van der Waals surface area contributed by atoms with Gasteiger partial charge in [0.15, 0.2) is 0 Å². The summed E-state index contributed by atoms with van der Waals surface area (Å²) in [5, 5.41) is 2.77. The zero-order chi connectivity index (χ0) is 4.12. The summed E-state index contributed by atoms with van der Waals surface area (Å²) in [4.78, 5) is 0. The predicted octanol–water partition coefficient (Wildman–Crippen LogP) is 0.655. The highest BCUT2D eigenvalue weighted by Crippen LogP contribution is 1.70. The summed E-state index contributed by atoms with van der Waals surface area (Å²) in [6.07, 6.45) is 0.983. The topological polar surface area (TPSA) is 12.0 Å². The third kappa shape index (κ3) is 3.96. The van der Waals surface area contributed by atoms with E-state index in [1.54, 1.807) is 0 Å². The van der Waals surface area contributed by atoms with Crippen molar-refractivity contribution in [3.63, 3.8) is 0 Å². The van der Waals surface area contributed by atoms with Gasteiger partial charge in [0.2, 0.25) is 0 Å². The molecule has 1 N–H and O–H groups in total. The van der Waals surface area contributed by atoms with E-state index in [1.165, 1.54) is 0 Å². The molecule has 0 saturated heterocycles. The van der Waals surface area contributed by atoms with E-state index in [9.17, 15) is 0 Å². The predicted molar refractivity (Wildman–Crippen MR) is 22.6 cm³/mol. The molecule has 0 saturated carbocycles. The lowest BCUT2D eigenvalue weighted by Gasteiger charge is -1.82. The second kappa shape index (κ2) is 3.96. The van der Waals surface area contributed by atoms with E-state index in [2.05, 4.69) is 11.9 Å². The third-order valence-corrected chi connectivity index (χ3v) is 0.354. The molecule has 0 unspecified atom stereocenters. The van der Waals surface area contributed by atoms with E-state index in [0.717, 1.165) is 6.42 Å². The Bertz CT molecular complexity index is 11.1. The molecule has 1 heteroatoms. The van der Waals surface area contributed by atoms with Crippen LogP contribution in [0.15, 0.2) is 0 Å². The van der Waals surface area contributed by atoms with Crippen LogP contribution in [-0.2, 0) is 0 Å². The molecule has 5 heavy (non-hydrogen) atoms. The van der Waals surface area contributed by atoms with Crippen molar-refractivity contribution in [3.8, 4) is 0 Å². The monoisotopic (exact) mass is 71.1 g/mol. The second-order valence-corrected chi connectivity index (χ2v) is 0.780. The Morgan fingerprint density at radius 1 is 1.80 bits per heavy atom. The molecule has 0 aromatic carbocycles. The Hall–Kier alpha value is -0.0400. The lowest BCUT2D eigenvalue weighted by molar-refractivity contribution is 0.892. The molecule has 0 rings (SSSR count). The largest absolute Gasteiger partial charge is 0.311 e. The summed E-state index contributed by atoms with van der Waals surface area (Å²) in [6.45, 7) is 4.90. The van der Waals surface area contributed by atoms with Gasteiger partial charge in [-0.3, -0.25) is 0 Å². The van der Waals surface area contributed by atoms with Crippen LogP contribution in [0.5, 0.6) is 0 Å². The highest BCUT2D eigenvalue weighted by atomic mass is 14.8. The summed E-state index contributed by atoms with van der Waals surface area (Å²) in [5.41, 5.74) is 0. The summed E-state index contributed by atoms with van der Waals surface area (Å²) in [7, 11) is 1.85. The first-order valence-electron chi connectivity index (χ1n) is 1.81. The Kier molecular flexibility index (Phi) is 3.93. The van der Waals surface area contributed by atoms with E-state index in [1.807, 2.05) is 14.0 Å². The molecule has 2 radical (unpaired) electrons. The van der Waals surface area contributed by atoms with Crippen LogP contribution in [0.3, 0.4) is 0 Å². The maximum absolute atomic E-state index is 2.86. The molecule has 0 aliphatic carbocycles. The van der Waals surface area contributed by atoms with Gasteiger partial charge in [-0.1, -0.05) is 6.92 Å². The van der Waals surface area contributed by atoms with Crippen molar-refractivity contribution in [1.29, 1.82) is 0 Å². The molecule has 0 amide bonds. The lowest BCUT2D eigenvalue weighted by atomic mass is 10.5. The molecule has 0 atom stereocenters. The minimum atomic E-state index is 0.983. The van der Waals surface area contributed by atoms with Gasteiger partial charge in [0.1, 0.15) is 0 Å². The van der Waals surface area contributed by atoms with Crippen LogP contribution in [0.4, 0.5) is 0 Å². The fourth-order valence-electron chi connectivity index (χ4n) is 0.177. The lowest BCUT2D eigenvalue weighted by Crippen LogP contribution is -1.97.